The monoisotopic (exact) mass is 289 g/mol. The highest BCUT2D eigenvalue weighted by molar-refractivity contribution is 6.38. The molecular formula is C17H27N3O. The number of carbonyl (C=O) groups excluding carboxylic acids is 1. The van der Waals surface area contributed by atoms with Gasteiger partial charge in [0.05, 0.1) is 11.4 Å². The fraction of sp³-hybridized carbons (Fsp3) is 0.588. The largest absolute Gasteiger partial charge is 0.348 e. The van der Waals surface area contributed by atoms with E-state index in [0.717, 1.165) is 24.1 Å². The van der Waals surface area contributed by atoms with Gasteiger partial charge in [0.15, 0.2) is 0 Å². The van der Waals surface area contributed by atoms with E-state index in [1.54, 1.807) is 13.1 Å². The van der Waals surface area contributed by atoms with E-state index >= 15 is 0 Å². The lowest BCUT2D eigenvalue weighted by molar-refractivity contribution is -0.115. The van der Waals surface area contributed by atoms with E-state index in [0.29, 0.717) is 17.5 Å². The first-order valence-electron chi connectivity index (χ1n) is 7.67. The van der Waals surface area contributed by atoms with Crippen LogP contribution in [0.3, 0.4) is 0 Å². The van der Waals surface area contributed by atoms with Gasteiger partial charge < -0.3 is 5.32 Å². The maximum absolute atomic E-state index is 12.2. The molecule has 21 heavy (non-hydrogen) atoms. The molecule has 0 saturated heterocycles. The molecule has 0 bridgehead atoms. The van der Waals surface area contributed by atoms with Crippen LogP contribution in [0.5, 0.6) is 0 Å². The van der Waals surface area contributed by atoms with Crippen LogP contribution in [-0.2, 0) is 4.79 Å². The van der Waals surface area contributed by atoms with Crippen molar-refractivity contribution < 1.29 is 4.79 Å². The Kier molecular flexibility index (Phi) is 7.06. The highest BCUT2D eigenvalue weighted by Crippen LogP contribution is 2.18. The normalized spacial score (nSPS) is 18.6. The van der Waals surface area contributed by atoms with Crippen molar-refractivity contribution in [3.8, 4) is 0 Å². The number of nitrogens with zero attached hydrogens (tertiary/aromatic N) is 2. The maximum atomic E-state index is 12.2. The summed E-state index contributed by atoms with van der Waals surface area (Å²) in [6, 6.07) is 0.295. The average molecular weight is 289 g/mol. The summed E-state index contributed by atoms with van der Waals surface area (Å²) >= 11 is 0. The number of amides is 1. The van der Waals surface area contributed by atoms with Gasteiger partial charge in [-0.2, -0.15) is 0 Å². The first-order chi connectivity index (χ1) is 9.95. The Morgan fingerprint density at radius 2 is 1.81 bits per heavy atom. The Morgan fingerprint density at radius 1 is 1.19 bits per heavy atom. The van der Waals surface area contributed by atoms with E-state index in [4.69, 9.17) is 0 Å². The standard InChI is InChI=1S/C17H27N3O/c1-6-18-13(4)16(12(2)3)19-14(5)17(21)20-15-10-8-7-9-11-15/h6,15H,2,7-11H2,1,3-5H3,(H,20,21)/b16-13+,18-6-,19-14+. The number of nitrogens with one attached hydrogen (secondary N) is 1. The van der Waals surface area contributed by atoms with Gasteiger partial charge in [0, 0.05) is 12.3 Å². The van der Waals surface area contributed by atoms with Crippen LogP contribution in [0.25, 0.3) is 0 Å². The van der Waals surface area contributed by atoms with Gasteiger partial charge in [-0.15, -0.1) is 0 Å². The summed E-state index contributed by atoms with van der Waals surface area (Å²) in [5.74, 6) is -0.0890. The minimum absolute atomic E-state index is 0.0890. The lowest BCUT2D eigenvalue weighted by Crippen LogP contribution is -2.39. The van der Waals surface area contributed by atoms with Crippen molar-refractivity contribution in [2.45, 2.75) is 65.8 Å². The van der Waals surface area contributed by atoms with Crippen LogP contribution >= 0.6 is 0 Å². The molecule has 1 amide bonds. The molecular weight excluding hydrogens is 262 g/mol. The van der Waals surface area contributed by atoms with Gasteiger partial charge in [-0.3, -0.25) is 9.79 Å². The van der Waals surface area contributed by atoms with Crippen LogP contribution in [0.15, 0.2) is 33.5 Å². The summed E-state index contributed by atoms with van der Waals surface area (Å²) in [6.45, 7) is 11.3. The Hall–Kier alpha value is -1.71. The van der Waals surface area contributed by atoms with Crippen LogP contribution < -0.4 is 5.32 Å². The zero-order valence-electron chi connectivity index (χ0n) is 13.7. The minimum atomic E-state index is -0.0890. The highest BCUT2D eigenvalue weighted by atomic mass is 16.1. The lowest BCUT2D eigenvalue weighted by atomic mass is 9.95. The van der Waals surface area contributed by atoms with Gasteiger partial charge in [0.2, 0.25) is 0 Å². The molecule has 0 spiro atoms. The molecule has 0 heterocycles. The first-order valence-corrected chi connectivity index (χ1v) is 7.67. The second kappa shape index (κ2) is 8.55. The van der Waals surface area contributed by atoms with Crippen LogP contribution in [0.1, 0.15) is 59.8 Å². The van der Waals surface area contributed by atoms with Crippen molar-refractivity contribution in [3.05, 3.63) is 23.5 Å². The second-order valence-electron chi connectivity index (χ2n) is 5.61. The van der Waals surface area contributed by atoms with E-state index in [1.165, 1.54) is 19.3 Å². The topological polar surface area (TPSA) is 53.8 Å². The lowest BCUT2D eigenvalue weighted by Gasteiger charge is -2.22. The van der Waals surface area contributed by atoms with Gasteiger partial charge >= 0.3 is 0 Å². The minimum Gasteiger partial charge on any atom is -0.348 e. The number of carbonyl (C=O) groups is 1. The maximum Gasteiger partial charge on any atom is 0.265 e. The molecule has 0 radical (unpaired) electrons. The summed E-state index contributed by atoms with van der Waals surface area (Å²) in [4.78, 5) is 20.9. The summed E-state index contributed by atoms with van der Waals surface area (Å²) in [5, 5.41) is 3.07. The Labute approximate surface area is 128 Å². The van der Waals surface area contributed by atoms with Crippen LogP contribution in [0, 0.1) is 0 Å². The molecule has 1 fully saturated rings. The Balaban J connectivity index is 2.82. The molecule has 4 nitrogen and oxygen atoms in total. The molecule has 4 heteroatoms. The summed E-state index contributed by atoms with van der Waals surface area (Å²) in [6.07, 6.45) is 7.52. The Morgan fingerprint density at radius 3 is 2.33 bits per heavy atom. The van der Waals surface area contributed by atoms with E-state index < -0.39 is 0 Å². The predicted octanol–water partition coefficient (Wildman–Crippen LogP) is 3.79. The molecule has 1 N–H and O–H groups in total. The van der Waals surface area contributed by atoms with Gasteiger partial charge in [0.25, 0.3) is 5.91 Å². The third-order valence-corrected chi connectivity index (χ3v) is 3.62. The highest BCUT2D eigenvalue weighted by Gasteiger charge is 2.17. The smallest absolute Gasteiger partial charge is 0.265 e. The molecule has 1 rings (SSSR count). The van der Waals surface area contributed by atoms with Crippen molar-refractivity contribution in [2.24, 2.45) is 9.98 Å². The molecule has 0 aliphatic heterocycles. The fourth-order valence-electron chi connectivity index (χ4n) is 2.50. The van der Waals surface area contributed by atoms with Crippen molar-refractivity contribution in [3.63, 3.8) is 0 Å². The van der Waals surface area contributed by atoms with Crippen molar-refractivity contribution in [2.75, 3.05) is 0 Å². The molecule has 1 saturated carbocycles. The number of aliphatic imine (C=N–C) groups is 2. The van der Waals surface area contributed by atoms with Gasteiger partial charge in [-0.1, -0.05) is 25.8 Å². The number of hydrogen-bond donors (Lipinski definition) is 1. The summed E-state index contributed by atoms with van der Waals surface area (Å²) < 4.78 is 0. The fourth-order valence-corrected chi connectivity index (χ4v) is 2.50. The molecule has 1 aliphatic carbocycles. The van der Waals surface area contributed by atoms with Crippen LogP contribution in [0.4, 0.5) is 0 Å². The van der Waals surface area contributed by atoms with Crippen LogP contribution in [-0.4, -0.2) is 23.9 Å². The first kappa shape index (κ1) is 17.3. The van der Waals surface area contributed by atoms with Crippen LogP contribution in [0.2, 0.25) is 0 Å². The molecule has 0 atom stereocenters. The third kappa shape index (κ3) is 5.66. The Bertz CT molecular complexity index is 480. The molecule has 1 aliphatic rings. The quantitative estimate of drug-likeness (QED) is 0.607. The van der Waals surface area contributed by atoms with Gasteiger partial charge in [0.1, 0.15) is 5.71 Å². The zero-order valence-corrected chi connectivity index (χ0v) is 13.7. The number of hydrogen-bond acceptors (Lipinski definition) is 3. The average Bonchev–Trinajstić information content (AvgIpc) is 2.45. The second-order valence-corrected chi connectivity index (χ2v) is 5.61. The molecule has 0 aromatic carbocycles. The predicted molar refractivity (Wildman–Crippen MR) is 89.8 cm³/mol. The van der Waals surface area contributed by atoms with Crippen molar-refractivity contribution in [1.29, 1.82) is 0 Å². The van der Waals surface area contributed by atoms with Gasteiger partial charge in [-0.05, 0) is 46.1 Å². The molecule has 0 aromatic heterocycles. The van der Waals surface area contributed by atoms with E-state index in [-0.39, 0.29) is 5.91 Å². The SMILES string of the molecule is C=C(C)C(/N=C(\C)C(=O)NC1CCCCC1)=C(C)\N=C/C. The van der Waals surface area contributed by atoms with Crippen molar-refractivity contribution in [1.82, 2.24) is 5.32 Å². The van der Waals surface area contributed by atoms with Gasteiger partial charge in [-0.25, -0.2) is 4.99 Å². The number of allylic oxidation sites excluding steroid dienone is 2. The summed E-state index contributed by atoms with van der Waals surface area (Å²) in [7, 11) is 0. The van der Waals surface area contributed by atoms with E-state index in [2.05, 4.69) is 21.9 Å². The van der Waals surface area contributed by atoms with E-state index in [1.807, 2.05) is 20.8 Å². The third-order valence-electron chi connectivity index (χ3n) is 3.62. The zero-order chi connectivity index (χ0) is 15.8. The molecule has 0 aromatic rings. The molecule has 116 valence electrons. The van der Waals surface area contributed by atoms with Crippen molar-refractivity contribution >= 4 is 17.8 Å². The summed E-state index contributed by atoms with van der Waals surface area (Å²) in [5.41, 5.74) is 2.73. The number of rotatable bonds is 5. The molecule has 0 unspecified atom stereocenters. The van der Waals surface area contributed by atoms with E-state index in [9.17, 15) is 4.79 Å².